The van der Waals surface area contributed by atoms with E-state index in [1.165, 1.54) is 22.8 Å². The lowest BCUT2D eigenvalue weighted by molar-refractivity contribution is -0.137. The summed E-state index contributed by atoms with van der Waals surface area (Å²) in [5.74, 6) is 0. The molecule has 0 bridgehead atoms. The Kier molecular flexibility index (Phi) is 3.23. The predicted molar refractivity (Wildman–Crippen MR) is 72.7 cm³/mol. The van der Waals surface area contributed by atoms with Gasteiger partial charge in [-0.3, -0.25) is 0 Å². The number of imidazole rings is 1. The fourth-order valence-corrected chi connectivity index (χ4v) is 3.31. The summed E-state index contributed by atoms with van der Waals surface area (Å²) in [5.41, 5.74) is 0.0159. The van der Waals surface area contributed by atoms with Gasteiger partial charge in [0.25, 0.3) is 10.0 Å². The molecule has 11 heteroatoms. The Balaban J connectivity index is 2.09. The summed E-state index contributed by atoms with van der Waals surface area (Å²) in [5, 5.41) is 8.82. The SMILES string of the molecule is NS(=O)(=O)c1nn2c(-c3ccc(C(F)(F)F)cc3)cnc2s1. The smallest absolute Gasteiger partial charge is 0.225 e. The van der Waals surface area contributed by atoms with E-state index in [2.05, 4.69) is 10.1 Å². The van der Waals surface area contributed by atoms with Gasteiger partial charge in [-0.15, -0.1) is 5.10 Å². The van der Waals surface area contributed by atoms with Crippen LogP contribution >= 0.6 is 11.3 Å². The minimum absolute atomic E-state index is 0.277. The lowest BCUT2D eigenvalue weighted by Gasteiger charge is -2.06. The molecule has 2 aromatic heterocycles. The first kappa shape index (κ1) is 14.9. The topological polar surface area (TPSA) is 90.4 Å². The molecule has 2 heterocycles. The molecule has 0 radical (unpaired) electrons. The van der Waals surface area contributed by atoms with Crippen molar-refractivity contribution >= 4 is 26.3 Å². The van der Waals surface area contributed by atoms with E-state index in [0.29, 0.717) is 11.3 Å². The Morgan fingerprint density at radius 2 is 1.82 bits per heavy atom. The molecular formula is C11H7F3N4O2S2. The van der Waals surface area contributed by atoms with E-state index in [1.807, 2.05) is 0 Å². The van der Waals surface area contributed by atoms with E-state index in [9.17, 15) is 21.6 Å². The van der Waals surface area contributed by atoms with Crippen molar-refractivity contribution in [2.45, 2.75) is 10.5 Å². The Morgan fingerprint density at radius 1 is 1.18 bits per heavy atom. The molecule has 0 fully saturated rings. The molecule has 2 N–H and O–H groups in total. The number of aromatic nitrogens is 3. The molecule has 0 unspecified atom stereocenters. The Bertz CT molecular complexity index is 942. The van der Waals surface area contributed by atoms with Crippen molar-refractivity contribution in [3.63, 3.8) is 0 Å². The molecule has 0 atom stereocenters. The zero-order valence-corrected chi connectivity index (χ0v) is 12.2. The summed E-state index contributed by atoms with van der Waals surface area (Å²) < 4.78 is 61.1. The molecule has 3 rings (SSSR count). The second-order valence-electron chi connectivity index (χ2n) is 4.33. The molecule has 0 aliphatic carbocycles. The average Bonchev–Trinajstić information content (AvgIpc) is 2.96. The molecule has 1 aromatic carbocycles. The first-order valence-electron chi connectivity index (χ1n) is 5.71. The van der Waals surface area contributed by atoms with Crippen molar-refractivity contribution in [3.8, 4) is 11.3 Å². The van der Waals surface area contributed by atoms with Crippen LogP contribution in [-0.4, -0.2) is 23.0 Å². The van der Waals surface area contributed by atoms with Gasteiger partial charge in [0.1, 0.15) is 0 Å². The highest BCUT2D eigenvalue weighted by Crippen LogP contribution is 2.31. The highest BCUT2D eigenvalue weighted by molar-refractivity contribution is 7.91. The normalized spacial score (nSPS) is 12.9. The maximum absolute atomic E-state index is 12.5. The molecule has 0 saturated heterocycles. The number of fused-ring (bicyclic) bond motifs is 1. The third-order valence-corrected chi connectivity index (χ3v) is 5.05. The van der Waals surface area contributed by atoms with Crippen LogP contribution in [0.3, 0.4) is 0 Å². The molecule has 0 spiro atoms. The van der Waals surface area contributed by atoms with Gasteiger partial charge in [0, 0.05) is 5.56 Å². The van der Waals surface area contributed by atoms with Gasteiger partial charge in [0.05, 0.1) is 17.5 Å². The van der Waals surface area contributed by atoms with Crippen molar-refractivity contribution < 1.29 is 21.6 Å². The quantitative estimate of drug-likeness (QED) is 0.768. The van der Waals surface area contributed by atoms with Crippen LogP contribution in [0.15, 0.2) is 34.8 Å². The molecule has 3 aromatic rings. The van der Waals surface area contributed by atoms with Gasteiger partial charge in [-0.25, -0.2) is 23.1 Å². The first-order chi connectivity index (χ1) is 10.2. The van der Waals surface area contributed by atoms with Gasteiger partial charge in [0.15, 0.2) is 0 Å². The zero-order chi connectivity index (χ0) is 16.1. The third kappa shape index (κ3) is 2.58. The number of halogens is 3. The number of nitrogens with zero attached hydrogens (tertiary/aromatic N) is 3. The van der Waals surface area contributed by atoms with Gasteiger partial charge in [-0.05, 0) is 12.1 Å². The second-order valence-corrected chi connectivity index (χ2v) is 7.02. The Morgan fingerprint density at radius 3 is 2.36 bits per heavy atom. The van der Waals surface area contributed by atoms with Crippen LogP contribution in [0, 0.1) is 0 Å². The summed E-state index contributed by atoms with van der Waals surface area (Å²) >= 11 is 0.775. The minimum atomic E-state index is -4.42. The standard InChI is InChI=1S/C11H7F3N4O2S2/c12-11(13,14)7-3-1-6(2-4-7)8-5-16-9-18(8)17-10(21-9)22(15,19)20/h1-5H,(H2,15,19,20). The summed E-state index contributed by atoms with van der Waals surface area (Å²) in [6, 6.07) is 4.40. The number of hydrogen-bond acceptors (Lipinski definition) is 5. The largest absolute Gasteiger partial charge is 0.416 e. The maximum atomic E-state index is 12.5. The number of alkyl halides is 3. The minimum Gasteiger partial charge on any atom is -0.225 e. The summed E-state index contributed by atoms with van der Waals surface area (Å²) in [7, 11) is -3.96. The van der Waals surface area contributed by atoms with Gasteiger partial charge in [0.2, 0.25) is 9.30 Å². The molecular weight excluding hydrogens is 341 g/mol. The maximum Gasteiger partial charge on any atom is 0.416 e. The van der Waals surface area contributed by atoms with E-state index in [0.717, 1.165) is 23.5 Å². The van der Waals surface area contributed by atoms with Crippen molar-refractivity contribution in [1.82, 2.24) is 14.6 Å². The Labute approximate surface area is 126 Å². The summed E-state index contributed by atoms with van der Waals surface area (Å²) in [6.07, 6.45) is -3.03. The lowest BCUT2D eigenvalue weighted by atomic mass is 10.1. The zero-order valence-electron chi connectivity index (χ0n) is 10.6. The van der Waals surface area contributed by atoms with E-state index in [1.54, 1.807) is 0 Å². The second kappa shape index (κ2) is 4.76. The summed E-state index contributed by atoms with van der Waals surface area (Å²) in [6.45, 7) is 0. The number of benzene rings is 1. The van der Waals surface area contributed by atoms with E-state index in [4.69, 9.17) is 5.14 Å². The third-order valence-electron chi connectivity index (χ3n) is 2.82. The molecule has 22 heavy (non-hydrogen) atoms. The Hall–Kier alpha value is -1.98. The molecule has 0 amide bonds. The van der Waals surface area contributed by atoms with E-state index >= 15 is 0 Å². The van der Waals surface area contributed by atoms with Gasteiger partial charge >= 0.3 is 6.18 Å². The molecule has 116 valence electrons. The van der Waals surface area contributed by atoms with E-state index in [-0.39, 0.29) is 9.30 Å². The van der Waals surface area contributed by atoms with Crippen LogP contribution in [0.1, 0.15) is 5.56 Å². The van der Waals surface area contributed by atoms with Crippen molar-refractivity contribution in [1.29, 1.82) is 0 Å². The number of hydrogen-bond donors (Lipinski definition) is 1. The highest BCUT2D eigenvalue weighted by atomic mass is 32.2. The van der Waals surface area contributed by atoms with Crippen LogP contribution in [0.4, 0.5) is 13.2 Å². The monoisotopic (exact) mass is 348 g/mol. The fourth-order valence-electron chi connectivity index (χ4n) is 1.82. The van der Waals surface area contributed by atoms with Crippen molar-refractivity contribution in [2.24, 2.45) is 5.14 Å². The number of nitrogens with two attached hydrogens (primary N) is 1. The van der Waals surface area contributed by atoms with Crippen molar-refractivity contribution in [2.75, 3.05) is 0 Å². The van der Waals surface area contributed by atoms with Gasteiger partial charge in [-0.2, -0.15) is 13.2 Å². The van der Waals surface area contributed by atoms with Crippen LogP contribution in [0.5, 0.6) is 0 Å². The molecule has 0 saturated carbocycles. The first-order valence-corrected chi connectivity index (χ1v) is 8.07. The number of sulfonamides is 1. The van der Waals surface area contributed by atoms with Gasteiger partial charge in [-0.1, -0.05) is 23.5 Å². The van der Waals surface area contributed by atoms with Crippen LogP contribution in [-0.2, 0) is 16.2 Å². The molecule has 0 aliphatic heterocycles. The average molecular weight is 348 g/mol. The predicted octanol–water partition coefficient (Wildman–Crippen LogP) is 2.12. The molecule has 6 nitrogen and oxygen atoms in total. The van der Waals surface area contributed by atoms with Gasteiger partial charge < -0.3 is 0 Å². The van der Waals surface area contributed by atoms with Crippen LogP contribution < -0.4 is 5.14 Å². The molecule has 0 aliphatic rings. The van der Waals surface area contributed by atoms with E-state index < -0.39 is 21.8 Å². The summed E-state index contributed by atoms with van der Waals surface area (Å²) in [4.78, 5) is 4.25. The number of primary sulfonamides is 1. The fraction of sp³-hybridized carbons (Fsp3) is 0.0909. The highest BCUT2D eigenvalue weighted by Gasteiger charge is 2.30. The van der Waals surface area contributed by atoms with Crippen molar-refractivity contribution in [3.05, 3.63) is 36.0 Å². The van der Waals surface area contributed by atoms with Crippen LogP contribution in [0.2, 0.25) is 0 Å². The van der Waals surface area contributed by atoms with Crippen LogP contribution in [0.25, 0.3) is 16.2 Å². The lowest BCUT2D eigenvalue weighted by Crippen LogP contribution is -2.12. The number of rotatable bonds is 2.